The van der Waals surface area contributed by atoms with E-state index < -0.39 is 0 Å². The molecule has 0 aromatic heterocycles. The zero-order valence-corrected chi connectivity index (χ0v) is 14.6. The lowest BCUT2D eigenvalue weighted by Gasteiger charge is -2.23. The van der Waals surface area contributed by atoms with Gasteiger partial charge in [0.15, 0.2) is 5.96 Å². The monoisotopic (exact) mass is 331 g/mol. The predicted octanol–water partition coefficient (Wildman–Crippen LogP) is 2.90. The molecule has 1 heterocycles. The Morgan fingerprint density at radius 2 is 2.12 bits per heavy atom. The van der Waals surface area contributed by atoms with Gasteiger partial charge in [-0.3, -0.25) is 0 Å². The third kappa shape index (κ3) is 4.87. The van der Waals surface area contributed by atoms with Crippen molar-refractivity contribution in [2.75, 3.05) is 13.2 Å². The molecule has 5 nitrogen and oxygen atoms in total. The summed E-state index contributed by atoms with van der Waals surface area (Å²) in [5.41, 5.74) is 8.33. The van der Waals surface area contributed by atoms with Crippen LogP contribution in [0.2, 0.25) is 0 Å². The van der Waals surface area contributed by atoms with E-state index in [0.29, 0.717) is 25.2 Å². The number of nitrogens with zero attached hydrogens (tertiary/aromatic N) is 1. The van der Waals surface area contributed by atoms with Crippen LogP contribution in [0.4, 0.5) is 0 Å². The van der Waals surface area contributed by atoms with Gasteiger partial charge in [-0.2, -0.15) is 0 Å². The van der Waals surface area contributed by atoms with E-state index in [1.807, 2.05) is 0 Å². The molecule has 0 amide bonds. The van der Waals surface area contributed by atoms with Gasteiger partial charge in [-0.05, 0) is 31.4 Å². The molecule has 5 heteroatoms. The summed E-state index contributed by atoms with van der Waals surface area (Å²) in [5.74, 6) is 1.44. The number of rotatable bonds is 5. The van der Waals surface area contributed by atoms with Gasteiger partial charge in [0.2, 0.25) is 0 Å². The first kappa shape index (κ1) is 17.1. The standard InChI is InChI=1S/C19H29N3O2/c1-14-7-8-15(18(11-14)24-17-9-10-23-13-17)12-21-19(20)22-16-5-3-2-4-6-16/h7-8,11,16-17H,2-6,9-10,12-13H2,1H3,(H3,20,21,22). The molecule has 1 saturated carbocycles. The van der Waals surface area contributed by atoms with Crippen LogP contribution in [0.25, 0.3) is 0 Å². The van der Waals surface area contributed by atoms with Crippen LogP contribution in [0.1, 0.15) is 49.7 Å². The summed E-state index contributed by atoms with van der Waals surface area (Å²) in [7, 11) is 0. The van der Waals surface area contributed by atoms with E-state index in [-0.39, 0.29) is 6.10 Å². The third-order valence-corrected chi connectivity index (χ3v) is 4.78. The molecule has 2 aliphatic rings. The number of ether oxygens (including phenoxy) is 2. The van der Waals surface area contributed by atoms with Crippen molar-refractivity contribution in [2.24, 2.45) is 10.7 Å². The predicted molar refractivity (Wildman–Crippen MR) is 96.4 cm³/mol. The molecule has 1 saturated heterocycles. The Hall–Kier alpha value is -1.75. The van der Waals surface area contributed by atoms with E-state index in [1.165, 1.54) is 37.7 Å². The molecule has 1 atom stereocenters. The van der Waals surface area contributed by atoms with E-state index >= 15 is 0 Å². The zero-order valence-electron chi connectivity index (χ0n) is 14.6. The summed E-state index contributed by atoms with van der Waals surface area (Å²) in [6.45, 7) is 4.06. The fourth-order valence-electron chi connectivity index (χ4n) is 3.36. The fourth-order valence-corrected chi connectivity index (χ4v) is 3.36. The molecule has 1 aromatic carbocycles. The molecule has 2 fully saturated rings. The molecule has 3 rings (SSSR count). The molecular weight excluding hydrogens is 302 g/mol. The van der Waals surface area contributed by atoms with Gasteiger partial charge in [-0.1, -0.05) is 31.4 Å². The third-order valence-electron chi connectivity index (χ3n) is 4.78. The van der Waals surface area contributed by atoms with Crippen LogP contribution in [0, 0.1) is 6.92 Å². The number of guanidine groups is 1. The Balaban J connectivity index is 1.61. The van der Waals surface area contributed by atoms with Crippen LogP contribution in [0.5, 0.6) is 5.75 Å². The molecule has 3 N–H and O–H groups in total. The quantitative estimate of drug-likeness (QED) is 0.643. The van der Waals surface area contributed by atoms with E-state index in [0.717, 1.165) is 24.3 Å². The number of nitrogens with one attached hydrogen (secondary N) is 1. The molecule has 1 aromatic rings. The van der Waals surface area contributed by atoms with Gasteiger partial charge >= 0.3 is 0 Å². The summed E-state index contributed by atoms with van der Waals surface area (Å²) < 4.78 is 11.5. The normalized spacial score (nSPS) is 22.5. The minimum Gasteiger partial charge on any atom is -0.488 e. The van der Waals surface area contributed by atoms with Crippen LogP contribution < -0.4 is 15.8 Å². The van der Waals surface area contributed by atoms with Crippen LogP contribution >= 0.6 is 0 Å². The molecular formula is C19H29N3O2. The first-order valence-corrected chi connectivity index (χ1v) is 9.11. The minimum absolute atomic E-state index is 0.146. The second-order valence-corrected chi connectivity index (χ2v) is 6.90. The maximum absolute atomic E-state index is 6.11. The SMILES string of the molecule is Cc1ccc(CN=C(N)NC2CCCCC2)c(OC2CCOC2)c1. The van der Waals surface area contributed by atoms with Gasteiger partial charge in [0.05, 0.1) is 19.8 Å². The van der Waals surface area contributed by atoms with Crippen molar-refractivity contribution < 1.29 is 9.47 Å². The van der Waals surface area contributed by atoms with E-state index in [1.54, 1.807) is 0 Å². The number of nitrogens with two attached hydrogens (primary N) is 1. The van der Waals surface area contributed by atoms with Crippen molar-refractivity contribution >= 4 is 5.96 Å². The molecule has 1 aliphatic carbocycles. The largest absolute Gasteiger partial charge is 0.488 e. The average Bonchev–Trinajstić information content (AvgIpc) is 3.08. The lowest BCUT2D eigenvalue weighted by atomic mass is 9.96. The van der Waals surface area contributed by atoms with Gasteiger partial charge in [-0.15, -0.1) is 0 Å². The second-order valence-electron chi connectivity index (χ2n) is 6.90. The van der Waals surface area contributed by atoms with Gasteiger partial charge < -0.3 is 20.5 Å². The zero-order chi connectivity index (χ0) is 16.8. The lowest BCUT2D eigenvalue weighted by molar-refractivity contribution is 0.140. The van der Waals surface area contributed by atoms with E-state index in [9.17, 15) is 0 Å². The number of aryl methyl sites for hydroxylation is 1. The summed E-state index contributed by atoms with van der Waals surface area (Å²) >= 11 is 0. The lowest BCUT2D eigenvalue weighted by Crippen LogP contribution is -2.41. The van der Waals surface area contributed by atoms with E-state index in [4.69, 9.17) is 15.2 Å². The Morgan fingerprint density at radius 3 is 2.88 bits per heavy atom. The number of benzene rings is 1. The topological polar surface area (TPSA) is 68.9 Å². The molecule has 1 unspecified atom stereocenters. The van der Waals surface area contributed by atoms with Crippen LogP contribution in [0.15, 0.2) is 23.2 Å². The Kier molecular flexibility index (Phi) is 5.96. The number of hydrogen-bond acceptors (Lipinski definition) is 3. The highest BCUT2D eigenvalue weighted by Crippen LogP contribution is 2.24. The number of hydrogen-bond donors (Lipinski definition) is 2. The van der Waals surface area contributed by atoms with Crippen molar-refractivity contribution in [1.82, 2.24) is 5.32 Å². The number of aliphatic imine (C=N–C) groups is 1. The molecule has 1 aliphatic heterocycles. The molecule has 24 heavy (non-hydrogen) atoms. The summed E-state index contributed by atoms with van der Waals surface area (Å²) in [6, 6.07) is 6.73. The Morgan fingerprint density at radius 1 is 1.29 bits per heavy atom. The van der Waals surface area contributed by atoms with Gasteiger partial charge in [0.1, 0.15) is 11.9 Å². The fraction of sp³-hybridized carbons (Fsp3) is 0.632. The Labute approximate surface area is 144 Å². The maximum atomic E-state index is 6.11. The van der Waals surface area contributed by atoms with Crippen molar-refractivity contribution in [2.45, 2.75) is 64.1 Å². The maximum Gasteiger partial charge on any atom is 0.189 e. The van der Waals surface area contributed by atoms with Crippen LogP contribution in [0.3, 0.4) is 0 Å². The van der Waals surface area contributed by atoms with Crippen molar-refractivity contribution in [3.63, 3.8) is 0 Å². The van der Waals surface area contributed by atoms with Gasteiger partial charge in [0, 0.05) is 18.0 Å². The van der Waals surface area contributed by atoms with Gasteiger partial charge in [0.25, 0.3) is 0 Å². The highest BCUT2D eigenvalue weighted by atomic mass is 16.5. The summed E-state index contributed by atoms with van der Waals surface area (Å²) in [5, 5.41) is 3.36. The molecule has 0 spiro atoms. The first-order chi connectivity index (χ1) is 11.7. The van der Waals surface area contributed by atoms with Crippen LogP contribution in [-0.4, -0.2) is 31.3 Å². The summed E-state index contributed by atoms with van der Waals surface area (Å²) in [6.07, 6.45) is 7.38. The van der Waals surface area contributed by atoms with Crippen LogP contribution in [-0.2, 0) is 11.3 Å². The highest BCUT2D eigenvalue weighted by molar-refractivity contribution is 5.78. The molecule has 0 bridgehead atoms. The molecule has 132 valence electrons. The van der Waals surface area contributed by atoms with Crippen molar-refractivity contribution in [3.05, 3.63) is 29.3 Å². The Bertz CT molecular complexity index is 562. The van der Waals surface area contributed by atoms with E-state index in [2.05, 4.69) is 35.4 Å². The first-order valence-electron chi connectivity index (χ1n) is 9.11. The minimum atomic E-state index is 0.146. The highest BCUT2D eigenvalue weighted by Gasteiger charge is 2.19. The van der Waals surface area contributed by atoms with Crippen molar-refractivity contribution in [3.8, 4) is 5.75 Å². The van der Waals surface area contributed by atoms with Crippen molar-refractivity contribution in [1.29, 1.82) is 0 Å². The molecule has 0 radical (unpaired) electrons. The van der Waals surface area contributed by atoms with Gasteiger partial charge in [-0.25, -0.2) is 4.99 Å². The smallest absolute Gasteiger partial charge is 0.189 e. The second kappa shape index (κ2) is 8.38. The summed E-state index contributed by atoms with van der Waals surface area (Å²) in [4.78, 5) is 4.53. The average molecular weight is 331 g/mol.